The van der Waals surface area contributed by atoms with Crippen LogP contribution in [0.3, 0.4) is 0 Å². The highest BCUT2D eigenvalue weighted by Gasteiger charge is 2.21. The summed E-state index contributed by atoms with van der Waals surface area (Å²) in [4.78, 5) is 29.9. The first-order valence-electron chi connectivity index (χ1n) is 11.3. The van der Waals surface area contributed by atoms with Crippen LogP contribution >= 0.6 is 0 Å². The van der Waals surface area contributed by atoms with Gasteiger partial charge in [0.05, 0.1) is 17.8 Å². The van der Waals surface area contributed by atoms with Gasteiger partial charge in [-0.05, 0) is 6.42 Å². The number of rotatable bonds is 19. The van der Waals surface area contributed by atoms with Gasteiger partial charge in [0.25, 0.3) is 0 Å². The number of carbonyl (C=O) groups excluding carboxylic acids is 1. The molecule has 31 heavy (non-hydrogen) atoms. The number of carbonyl (C=O) groups is 2. The fourth-order valence-corrected chi connectivity index (χ4v) is 4.39. The van der Waals surface area contributed by atoms with Crippen molar-refractivity contribution >= 4 is 21.9 Å². The first-order chi connectivity index (χ1) is 14.8. The molecule has 0 aliphatic carbocycles. The van der Waals surface area contributed by atoms with Crippen molar-refractivity contribution in [3.63, 3.8) is 0 Å². The Morgan fingerprint density at radius 1 is 1.06 bits per heavy atom. The summed E-state index contributed by atoms with van der Waals surface area (Å²) in [5.74, 6) is -1.65. The van der Waals surface area contributed by atoms with E-state index in [9.17, 15) is 23.1 Å². The molecule has 1 rings (SSSR count). The SMILES string of the molecule is CCCCCCCCCCCCS(=O)(=O)NCCC(=O)N[C@@H](Cc1c[nH]cn1)C(=O)O. The Labute approximate surface area is 185 Å². The van der Waals surface area contributed by atoms with Gasteiger partial charge in [0, 0.05) is 25.6 Å². The highest BCUT2D eigenvalue weighted by molar-refractivity contribution is 7.89. The first-order valence-corrected chi connectivity index (χ1v) is 13.0. The lowest BCUT2D eigenvalue weighted by Crippen LogP contribution is -2.43. The highest BCUT2D eigenvalue weighted by Crippen LogP contribution is 2.10. The van der Waals surface area contributed by atoms with Crippen LogP contribution in [0.15, 0.2) is 12.5 Å². The summed E-state index contributed by atoms with van der Waals surface area (Å²) in [6.07, 6.45) is 14.2. The zero-order valence-electron chi connectivity index (χ0n) is 18.6. The van der Waals surface area contributed by atoms with Crippen LogP contribution in [0.2, 0.25) is 0 Å². The van der Waals surface area contributed by atoms with Crippen molar-refractivity contribution in [3.05, 3.63) is 18.2 Å². The van der Waals surface area contributed by atoms with Gasteiger partial charge in [-0.25, -0.2) is 22.9 Å². The summed E-state index contributed by atoms with van der Waals surface area (Å²) in [5, 5.41) is 11.6. The Balaban J connectivity index is 2.13. The minimum absolute atomic E-state index is 0.0437. The Hall–Kier alpha value is -1.94. The molecule has 10 heteroatoms. The van der Waals surface area contributed by atoms with E-state index in [1.54, 1.807) is 6.20 Å². The molecule has 1 aromatic heterocycles. The third-order valence-electron chi connectivity index (χ3n) is 5.04. The van der Waals surface area contributed by atoms with Crippen molar-refractivity contribution in [3.8, 4) is 0 Å². The fraction of sp³-hybridized carbons (Fsp3) is 0.762. The van der Waals surface area contributed by atoms with E-state index in [1.165, 1.54) is 44.9 Å². The van der Waals surface area contributed by atoms with Crippen LogP contribution in [0, 0.1) is 0 Å². The van der Waals surface area contributed by atoms with Crippen LogP contribution in [0.4, 0.5) is 0 Å². The molecule has 0 bridgehead atoms. The summed E-state index contributed by atoms with van der Waals surface area (Å²) >= 11 is 0. The molecule has 0 aliphatic heterocycles. The highest BCUT2D eigenvalue weighted by atomic mass is 32.2. The van der Waals surface area contributed by atoms with E-state index in [-0.39, 0.29) is 25.1 Å². The number of aromatic amines is 1. The van der Waals surface area contributed by atoms with Crippen LogP contribution in [0.25, 0.3) is 0 Å². The number of hydrogen-bond acceptors (Lipinski definition) is 5. The molecule has 1 heterocycles. The number of nitrogens with zero attached hydrogens (tertiary/aromatic N) is 1. The van der Waals surface area contributed by atoms with E-state index in [4.69, 9.17) is 0 Å². The molecule has 1 amide bonds. The van der Waals surface area contributed by atoms with Crippen molar-refractivity contribution in [2.45, 2.75) is 90.0 Å². The molecule has 1 atom stereocenters. The second-order valence-electron chi connectivity index (χ2n) is 7.87. The van der Waals surface area contributed by atoms with Gasteiger partial charge >= 0.3 is 5.97 Å². The van der Waals surface area contributed by atoms with E-state index in [1.807, 2.05) is 0 Å². The van der Waals surface area contributed by atoms with E-state index < -0.39 is 27.9 Å². The number of amides is 1. The topological polar surface area (TPSA) is 141 Å². The van der Waals surface area contributed by atoms with Crippen molar-refractivity contribution < 1.29 is 23.1 Å². The molecule has 0 spiro atoms. The molecule has 0 radical (unpaired) electrons. The molecule has 0 fully saturated rings. The van der Waals surface area contributed by atoms with Gasteiger partial charge in [0.1, 0.15) is 6.04 Å². The molecule has 0 aromatic carbocycles. The van der Waals surface area contributed by atoms with Crippen molar-refractivity contribution in [2.24, 2.45) is 0 Å². The number of imidazole rings is 1. The molecule has 0 aliphatic rings. The molecule has 1 aromatic rings. The second-order valence-corrected chi connectivity index (χ2v) is 9.79. The quantitative estimate of drug-likeness (QED) is 0.235. The Bertz CT molecular complexity index is 722. The molecule has 9 nitrogen and oxygen atoms in total. The van der Waals surface area contributed by atoms with Gasteiger partial charge in [-0.2, -0.15) is 0 Å². The van der Waals surface area contributed by atoms with E-state index in [0.717, 1.165) is 19.3 Å². The first kappa shape index (κ1) is 27.1. The average molecular weight is 459 g/mol. The average Bonchev–Trinajstić information content (AvgIpc) is 3.22. The van der Waals surface area contributed by atoms with Gasteiger partial charge in [-0.15, -0.1) is 0 Å². The molecular weight excluding hydrogens is 420 g/mol. The Morgan fingerprint density at radius 2 is 1.68 bits per heavy atom. The maximum atomic E-state index is 12.0. The largest absolute Gasteiger partial charge is 0.480 e. The number of nitrogens with one attached hydrogen (secondary N) is 3. The number of unbranched alkanes of at least 4 members (excludes halogenated alkanes) is 9. The van der Waals surface area contributed by atoms with E-state index >= 15 is 0 Å². The monoisotopic (exact) mass is 458 g/mol. The van der Waals surface area contributed by atoms with Crippen molar-refractivity contribution in [1.82, 2.24) is 20.0 Å². The Kier molecular flexibility index (Phi) is 13.8. The predicted octanol–water partition coefficient (Wildman–Crippen LogP) is 2.75. The molecule has 0 saturated heterocycles. The van der Waals surface area contributed by atoms with E-state index in [0.29, 0.717) is 12.1 Å². The number of carboxylic acids is 1. The van der Waals surface area contributed by atoms with Crippen LogP contribution < -0.4 is 10.0 Å². The number of aliphatic carboxylic acids is 1. The third kappa shape index (κ3) is 13.9. The normalized spacial score (nSPS) is 12.5. The number of sulfonamides is 1. The van der Waals surface area contributed by atoms with Gasteiger partial charge in [-0.1, -0.05) is 64.7 Å². The fourth-order valence-electron chi connectivity index (χ4n) is 3.25. The lowest BCUT2D eigenvalue weighted by Gasteiger charge is -2.13. The van der Waals surface area contributed by atoms with Gasteiger partial charge in [0.2, 0.25) is 15.9 Å². The smallest absolute Gasteiger partial charge is 0.326 e. The molecule has 178 valence electrons. The number of H-pyrrole nitrogens is 1. The standard InChI is InChI=1S/C21H38N4O5S/c1-2-3-4-5-6-7-8-9-10-11-14-31(29,30)24-13-12-20(26)25-19(21(27)28)15-18-16-22-17-23-18/h16-17,19,24H,2-15H2,1H3,(H,22,23)(H,25,26)(H,27,28)/t19-/m0/s1. The van der Waals surface area contributed by atoms with E-state index in [2.05, 4.69) is 26.9 Å². The van der Waals surface area contributed by atoms with Gasteiger partial charge < -0.3 is 15.4 Å². The molecule has 0 unspecified atom stereocenters. The van der Waals surface area contributed by atoms with Crippen LogP contribution in [0.5, 0.6) is 0 Å². The molecule has 0 saturated carbocycles. The minimum atomic E-state index is -3.43. The summed E-state index contributed by atoms with van der Waals surface area (Å²) in [6.45, 7) is 2.15. The number of hydrogen-bond donors (Lipinski definition) is 4. The summed E-state index contributed by atoms with van der Waals surface area (Å²) in [6, 6.07) is -1.11. The third-order valence-corrected chi connectivity index (χ3v) is 6.51. The maximum Gasteiger partial charge on any atom is 0.326 e. The second kappa shape index (κ2) is 15.8. The maximum absolute atomic E-state index is 12.0. The van der Waals surface area contributed by atoms with Crippen LogP contribution in [-0.2, 0) is 26.0 Å². The lowest BCUT2D eigenvalue weighted by molar-refractivity contribution is -0.141. The van der Waals surface area contributed by atoms with Gasteiger partial charge in [0.15, 0.2) is 0 Å². The molecule has 4 N–H and O–H groups in total. The summed E-state index contributed by atoms with van der Waals surface area (Å²) in [7, 11) is -3.43. The predicted molar refractivity (Wildman–Crippen MR) is 120 cm³/mol. The molecular formula is C21H38N4O5S. The zero-order valence-corrected chi connectivity index (χ0v) is 19.4. The summed E-state index contributed by atoms with van der Waals surface area (Å²) in [5.41, 5.74) is 0.518. The zero-order chi connectivity index (χ0) is 23.0. The van der Waals surface area contributed by atoms with Crippen molar-refractivity contribution in [1.29, 1.82) is 0 Å². The Morgan fingerprint density at radius 3 is 2.23 bits per heavy atom. The number of carboxylic acid groups (broad SMARTS) is 1. The van der Waals surface area contributed by atoms with Gasteiger partial charge in [-0.3, -0.25) is 4.79 Å². The lowest BCUT2D eigenvalue weighted by atomic mass is 10.1. The number of aromatic nitrogens is 2. The van der Waals surface area contributed by atoms with Crippen LogP contribution in [-0.4, -0.2) is 53.7 Å². The van der Waals surface area contributed by atoms with Crippen LogP contribution in [0.1, 0.15) is 83.2 Å². The minimum Gasteiger partial charge on any atom is -0.480 e. The summed E-state index contributed by atoms with van der Waals surface area (Å²) < 4.78 is 26.5. The van der Waals surface area contributed by atoms with Crippen molar-refractivity contribution in [2.75, 3.05) is 12.3 Å².